The van der Waals surface area contributed by atoms with Crippen molar-refractivity contribution in [3.8, 4) is 0 Å². The first-order valence-electron chi connectivity index (χ1n) is 6.84. The van der Waals surface area contributed by atoms with E-state index in [0.29, 0.717) is 0 Å². The van der Waals surface area contributed by atoms with E-state index in [4.69, 9.17) is 5.73 Å². The SMILES string of the molecule is CCCCCCc1cc(N)ccc1C(C)(C)C. The lowest BCUT2D eigenvalue weighted by Crippen LogP contribution is -2.14. The second-order valence-corrected chi connectivity index (χ2v) is 5.98. The van der Waals surface area contributed by atoms with E-state index >= 15 is 0 Å². The summed E-state index contributed by atoms with van der Waals surface area (Å²) in [6.45, 7) is 9.07. The molecule has 1 aromatic carbocycles. The number of hydrogen-bond donors (Lipinski definition) is 1. The maximum absolute atomic E-state index is 5.90. The Bertz CT molecular complexity index is 347. The van der Waals surface area contributed by atoms with Gasteiger partial charge in [0.1, 0.15) is 0 Å². The molecule has 1 nitrogen and oxygen atoms in total. The van der Waals surface area contributed by atoms with Crippen LogP contribution in [0.4, 0.5) is 5.69 Å². The van der Waals surface area contributed by atoms with Crippen LogP contribution in [-0.2, 0) is 11.8 Å². The number of rotatable bonds is 5. The first-order chi connectivity index (χ1) is 7.95. The third kappa shape index (κ3) is 4.41. The Balaban J connectivity index is 2.77. The first kappa shape index (κ1) is 14.1. The lowest BCUT2D eigenvalue weighted by atomic mass is 9.82. The summed E-state index contributed by atoms with van der Waals surface area (Å²) in [6, 6.07) is 6.38. The Morgan fingerprint density at radius 1 is 1.06 bits per heavy atom. The number of benzene rings is 1. The molecule has 0 fully saturated rings. The van der Waals surface area contributed by atoms with Crippen molar-refractivity contribution in [1.29, 1.82) is 0 Å². The van der Waals surface area contributed by atoms with E-state index in [1.54, 1.807) is 0 Å². The van der Waals surface area contributed by atoms with Gasteiger partial charge in [-0.3, -0.25) is 0 Å². The predicted octanol–water partition coefficient (Wildman–Crippen LogP) is 4.69. The number of nitrogens with two attached hydrogens (primary N) is 1. The van der Waals surface area contributed by atoms with E-state index in [-0.39, 0.29) is 5.41 Å². The van der Waals surface area contributed by atoms with E-state index in [2.05, 4.69) is 39.8 Å². The molecule has 1 rings (SSSR count). The average molecular weight is 233 g/mol. The molecule has 1 heteroatoms. The molecule has 0 unspecified atom stereocenters. The molecule has 0 aromatic heterocycles. The van der Waals surface area contributed by atoms with Crippen molar-refractivity contribution in [1.82, 2.24) is 0 Å². The van der Waals surface area contributed by atoms with Gasteiger partial charge in [0.05, 0.1) is 0 Å². The largest absolute Gasteiger partial charge is 0.399 e. The van der Waals surface area contributed by atoms with Gasteiger partial charge >= 0.3 is 0 Å². The summed E-state index contributed by atoms with van der Waals surface area (Å²) in [5, 5.41) is 0. The van der Waals surface area contributed by atoms with Crippen molar-refractivity contribution in [3.63, 3.8) is 0 Å². The molecule has 17 heavy (non-hydrogen) atoms. The second kappa shape index (κ2) is 6.09. The van der Waals surface area contributed by atoms with Gasteiger partial charge in [-0.15, -0.1) is 0 Å². The summed E-state index contributed by atoms with van der Waals surface area (Å²) in [4.78, 5) is 0. The molecule has 0 aliphatic rings. The van der Waals surface area contributed by atoms with Crippen molar-refractivity contribution < 1.29 is 0 Å². The van der Waals surface area contributed by atoms with Crippen LogP contribution in [0.3, 0.4) is 0 Å². The summed E-state index contributed by atoms with van der Waals surface area (Å²) >= 11 is 0. The topological polar surface area (TPSA) is 26.0 Å². The lowest BCUT2D eigenvalue weighted by molar-refractivity contribution is 0.576. The monoisotopic (exact) mass is 233 g/mol. The Hall–Kier alpha value is -0.980. The van der Waals surface area contributed by atoms with Crippen LogP contribution in [0.1, 0.15) is 64.5 Å². The molecule has 0 spiro atoms. The van der Waals surface area contributed by atoms with Gasteiger partial charge in [-0.1, -0.05) is 53.0 Å². The maximum atomic E-state index is 5.90. The normalized spacial score (nSPS) is 11.8. The van der Waals surface area contributed by atoms with Gasteiger partial charge in [-0.05, 0) is 41.5 Å². The molecule has 96 valence electrons. The van der Waals surface area contributed by atoms with Gasteiger partial charge in [-0.2, -0.15) is 0 Å². The predicted molar refractivity (Wildman–Crippen MR) is 77.4 cm³/mol. The van der Waals surface area contributed by atoms with Crippen molar-refractivity contribution in [2.75, 3.05) is 5.73 Å². The standard InChI is InChI=1S/C16H27N/c1-5-6-7-8-9-13-12-14(17)10-11-15(13)16(2,3)4/h10-12H,5-9,17H2,1-4H3. The van der Waals surface area contributed by atoms with Crippen LogP contribution in [0.5, 0.6) is 0 Å². The van der Waals surface area contributed by atoms with Gasteiger partial charge in [0.15, 0.2) is 0 Å². The molecule has 0 bridgehead atoms. The molecule has 0 atom stereocenters. The Morgan fingerprint density at radius 3 is 2.35 bits per heavy atom. The zero-order valence-corrected chi connectivity index (χ0v) is 11.8. The van der Waals surface area contributed by atoms with Crippen molar-refractivity contribution in [2.45, 2.75) is 65.2 Å². The summed E-state index contributed by atoms with van der Waals surface area (Å²) in [5.41, 5.74) is 9.90. The van der Waals surface area contributed by atoms with E-state index in [1.165, 1.54) is 36.8 Å². The molecule has 0 heterocycles. The first-order valence-corrected chi connectivity index (χ1v) is 6.84. The molecular weight excluding hydrogens is 206 g/mol. The average Bonchev–Trinajstić information content (AvgIpc) is 2.23. The molecule has 1 aromatic rings. The minimum absolute atomic E-state index is 0.216. The Labute approximate surface area is 106 Å². The van der Waals surface area contributed by atoms with Gasteiger partial charge in [0.2, 0.25) is 0 Å². The van der Waals surface area contributed by atoms with Crippen LogP contribution in [0, 0.1) is 0 Å². The molecule has 2 N–H and O–H groups in total. The number of nitrogen functional groups attached to an aromatic ring is 1. The molecule has 0 radical (unpaired) electrons. The zero-order valence-electron chi connectivity index (χ0n) is 11.8. The summed E-state index contributed by atoms with van der Waals surface area (Å²) in [6.07, 6.45) is 6.41. The summed E-state index contributed by atoms with van der Waals surface area (Å²) in [7, 11) is 0. The van der Waals surface area contributed by atoms with Crippen LogP contribution in [0.15, 0.2) is 18.2 Å². The molecule has 0 saturated carbocycles. The van der Waals surface area contributed by atoms with Gasteiger partial charge < -0.3 is 5.73 Å². The molecule has 0 aliphatic heterocycles. The third-order valence-corrected chi connectivity index (χ3v) is 3.24. The fourth-order valence-electron chi connectivity index (χ4n) is 2.29. The van der Waals surface area contributed by atoms with E-state index < -0.39 is 0 Å². The highest BCUT2D eigenvalue weighted by Gasteiger charge is 2.17. The minimum Gasteiger partial charge on any atom is -0.399 e. The van der Waals surface area contributed by atoms with Crippen LogP contribution in [0.2, 0.25) is 0 Å². The van der Waals surface area contributed by atoms with E-state index in [9.17, 15) is 0 Å². The molecule has 0 aliphatic carbocycles. The number of hydrogen-bond acceptors (Lipinski definition) is 1. The third-order valence-electron chi connectivity index (χ3n) is 3.24. The van der Waals surface area contributed by atoms with Crippen molar-refractivity contribution in [3.05, 3.63) is 29.3 Å². The Kier molecular flexibility index (Phi) is 5.04. The van der Waals surface area contributed by atoms with E-state index in [0.717, 1.165) is 12.1 Å². The zero-order chi connectivity index (χ0) is 12.9. The van der Waals surface area contributed by atoms with Gasteiger partial charge in [-0.25, -0.2) is 0 Å². The number of aryl methyl sites for hydroxylation is 1. The number of unbranched alkanes of at least 4 members (excludes halogenated alkanes) is 3. The highest BCUT2D eigenvalue weighted by atomic mass is 14.5. The van der Waals surface area contributed by atoms with E-state index in [1.807, 2.05) is 6.07 Å². The minimum atomic E-state index is 0.216. The van der Waals surface area contributed by atoms with Crippen LogP contribution >= 0.6 is 0 Å². The molecule has 0 amide bonds. The molecule has 0 saturated heterocycles. The van der Waals surface area contributed by atoms with Gasteiger partial charge in [0, 0.05) is 5.69 Å². The van der Waals surface area contributed by atoms with Crippen molar-refractivity contribution in [2.24, 2.45) is 0 Å². The van der Waals surface area contributed by atoms with Crippen LogP contribution in [0.25, 0.3) is 0 Å². The smallest absolute Gasteiger partial charge is 0.0316 e. The summed E-state index contributed by atoms with van der Waals surface area (Å²) in [5.74, 6) is 0. The highest BCUT2D eigenvalue weighted by Crippen LogP contribution is 2.28. The Morgan fingerprint density at radius 2 is 1.76 bits per heavy atom. The quantitative estimate of drug-likeness (QED) is 0.579. The fourth-order valence-corrected chi connectivity index (χ4v) is 2.29. The van der Waals surface area contributed by atoms with Crippen LogP contribution in [-0.4, -0.2) is 0 Å². The highest BCUT2D eigenvalue weighted by molar-refractivity contribution is 5.46. The number of anilines is 1. The van der Waals surface area contributed by atoms with Crippen LogP contribution < -0.4 is 5.73 Å². The fraction of sp³-hybridized carbons (Fsp3) is 0.625. The lowest BCUT2D eigenvalue weighted by Gasteiger charge is -2.23. The van der Waals surface area contributed by atoms with Crippen molar-refractivity contribution >= 4 is 5.69 Å². The maximum Gasteiger partial charge on any atom is 0.0316 e. The molecular formula is C16H27N. The second-order valence-electron chi connectivity index (χ2n) is 5.98. The summed E-state index contributed by atoms with van der Waals surface area (Å²) < 4.78 is 0. The van der Waals surface area contributed by atoms with Gasteiger partial charge in [0.25, 0.3) is 0 Å².